The van der Waals surface area contributed by atoms with E-state index in [1.165, 1.54) is 12.2 Å². The van der Waals surface area contributed by atoms with E-state index in [1.54, 1.807) is 13.2 Å². The van der Waals surface area contributed by atoms with E-state index in [0.717, 1.165) is 0 Å². The SMILES string of the molecule is COCCOCCOP=NP.O=C([O-])C1=CC=CCC1=O.[Na+]. The summed E-state index contributed by atoms with van der Waals surface area (Å²) in [5.74, 6) is -1.78. The molecule has 0 saturated heterocycles. The number of ether oxygens (including phenoxy) is 2. The quantitative estimate of drug-likeness (QED) is 0.210. The Hall–Kier alpha value is 0.0300. The molecule has 0 aromatic rings. The van der Waals surface area contributed by atoms with Crippen molar-refractivity contribution < 1.29 is 58.3 Å². The van der Waals surface area contributed by atoms with Crippen LogP contribution in [0.2, 0.25) is 0 Å². The first-order chi connectivity index (χ1) is 10.1. The van der Waals surface area contributed by atoms with Gasteiger partial charge in [-0.3, -0.25) is 4.79 Å². The average molecular weight is 357 g/mol. The van der Waals surface area contributed by atoms with Gasteiger partial charge < -0.3 is 23.9 Å². The number of Topliss-reactive ketones (excluding diaryl/α,β-unsaturated/α-hetero) is 1. The van der Waals surface area contributed by atoms with Crippen molar-refractivity contribution in [2.45, 2.75) is 6.42 Å². The molecule has 0 fully saturated rings. The molecule has 0 saturated carbocycles. The van der Waals surface area contributed by atoms with Gasteiger partial charge in [-0.2, -0.15) is 0 Å². The van der Waals surface area contributed by atoms with Gasteiger partial charge >= 0.3 is 29.6 Å². The van der Waals surface area contributed by atoms with Gasteiger partial charge in [0.05, 0.1) is 32.4 Å². The predicted molar refractivity (Wildman–Crippen MR) is 79.6 cm³/mol. The van der Waals surface area contributed by atoms with Crippen LogP contribution in [0.25, 0.3) is 0 Å². The van der Waals surface area contributed by atoms with Crippen molar-refractivity contribution in [2.75, 3.05) is 33.5 Å². The fraction of sp³-hybridized carbons (Fsp3) is 0.500. The average Bonchev–Trinajstić information content (AvgIpc) is 2.47. The van der Waals surface area contributed by atoms with E-state index in [2.05, 4.69) is 13.9 Å². The Labute approximate surface area is 156 Å². The number of nitrogens with zero attached hydrogens (tertiary/aromatic N) is 1. The van der Waals surface area contributed by atoms with Crippen LogP contribution < -0.4 is 34.7 Å². The van der Waals surface area contributed by atoms with Gasteiger partial charge in [0.15, 0.2) is 14.4 Å². The Bertz CT molecular complexity index is 414. The van der Waals surface area contributed by atoms with Gasteiger partial charge in [0, 0.05) is 19.1 Å². The molecule has 0 amide bonds. The molecule has 0 aromatic carbocycles. The molecule has 0 aliphatic heterocycles. The van der Waals surface area contributed by atoms with Crippen LogP contribution >= 0.6 is 18.0 Å². The molecule has 7 nitrogen and oxygen atoms in total. The number of hydrogen-bond acceptors (Lipinski definition) is 7. The van der Waals surface area contributed by atoms with Gasteiger partial charge in [0.1, 0.15) is 0 Å². The van der Waals surface area contributed by atoms with Gasteiger partial charge in [-0.25, -0.2) is 4.52 Å². The first-order valence-corrected chi connectivity index (χ1v) is 7.31. The topological polar surface area (TPSA) is 97.2 Å². The first kappa shape index (κ1) is 24.3. The maximum atomic E-state index is 10.7. The molecule has 1 aliphatic carbocycles. The minimum atomic E-state index is -1.39. The number of allylic oxidation sites excluding steroid dienone is 3. The summed E-state index contributed by atoms with van der Waals surface area (Å²) in [7, 11) is 4.49. The van der Waals surface area contributed by atoms with Crippen LogP contribution in [0.5, 0.6) is 0 Å². The van der Waals surface area contributed by atoms with E-state index in [0.29, 0.717) is 35.0 Å². The van der Waals surface area contributed by atoms with Crippen LogP contribution in [0, 0.1) is 0 Å². The molecule has 1 aliphatic rings. The second kappa shape index (κ2) is 17.4. The van der Waals surface area contributed by atoms with Crippen molar-refractivity contribution in [1.29, 1.82) is 0 Å². The van der Waals surface area contributed by atoms with E-state index in [-0.39, 0.29) is 47.3 Å². The number of ketones is 1. The van der Waals surface area contributed by atoms with Gasteiger partial charge in [0.25, 0.3) is 0 Å². The fourth-order valence-corrected chi connectivity index (χ4v) is 1.56. The van der Waals surface area contributed by atoms with Crippen LogP contribution in [0.1, 0.15) is 6.42 Å². The van der Waals surface area contributed by atoms with E-state index < -0.39 is 5.97 Å². The predicted octanol–water partition coefficient (Wildman–Crippen LogP) is -2.30. The molecule has 1 rings (SSSR count). The van der Waals surface area contributed by atoms with Gasteiger partial charge in [-0.05, 0) is 15.5 Å². The number of carboxylic acid groups (broad SMARTS) is 1. The molecule has 0 N–H and O–H groups in total. The number of aliphatic carboxylic acids is 1. The summed E-state index contributed by atoms with van der Waals surface area (Å²) in [5, 5.41) is 10.1. The van der Waals surface area contributed by atoms with E-state index in [1.807, 2.05) is 0 Å². The monoisotopic (exact) mass is 357 g/mol. The Morgan fingerprint density at radius 3 is 2.59 bits per heavy atom. The molecule has 118 valence electrons. The third kappa shape index (κ3) is 13.7. The van der Waals surface area contributed by atoms with Crippen LogP contribution in [-0.2, 0) is 23.6 Å². The molecule has 0 bridgehead atoms. The summed E-state index contributed by atoms with van der Waals surface area (Å²) in [4.78, 5) is 20.8. The van der Waals surface area contributed by atoms with E-state index in [9.17, 15) is 14.7 Å². The number of hydrogen-bond donors (Lipinski definition) is 0. The standard InChI is InChI=1S/C7H6O3.C5H13NO3P2.Na/c8-6-4-2-1-3-5(6)7(9)10;1-7-2-3-8-4-5-9-11-6-10;/h1-3H,4H2,(H,9,10);2-5,10H2,1H3;/q;;+1/p-1. The van der Waals surface area contributed by atoms with Crippen LogP contribution in [0.4, 0.5) is 0 Å². The summed E-state index contributed by atoms with van der Waals surface area (Å²) in [6.07, 6.45) is 4.56. The Balaban J connectivity index is 0. The summed E-state index contributed by atoms with van der Waals surface area (Å²) >= 11 is 0. The molecule has 0 spiro atoms. The molecule has 0 radical (unpaired) electrons. The zero-order valence-electron chi connectivity index (χ0n) is 12.7. The number of carbonyl (C=O) groups excluding carboxylic acids is 2. The summed E-state index contributed by atoms with van der Waals surface area (Å²) < 4.78 is 18.5. The second-order valence-corrected chi connectivity index (χ2v) is 4.90. The number of carboxylic acids is 1. The second-order valence-electron chi connectivity index (χ2n) is 3.56. The molecule has 10 heteroatoms. The Morgan fingerprint density at radius 1 is 1.41 bits per heavy atom. The smallest absolute Gasteiger partial charge is 0.545 e. The molecular weight excluding hydrogens is 339 g/mol. The van der Waals surface area contributed by atoms with E-state index in [4.69, 9.17) is 14.0 Å². The fourth-order valence-electron chi connectivity index (χ4n) is 1.14. The molecular formula is C12H18NNaO6P2. The van der Waals surface area contributed by atoms with Crippen molar-refractivity contribution in [3.05, 3.63) is 23.8 Å². The number of rotatable bonds is 8. The maximum absolute atomic E-state index is 10.7. The molecule has 1 atom stereocenters. The van der Waals surface area contributed by atoms with Crippen molar-refractivity contribution in [2.24, 2.45) is 4.52 Å². The maximum Gasteiger partial charge on any atom is 1.00 e. The number of methoxy groups -OCH3 is 1. The first-order valence-electron chi connectivity index (χ1n) is 6.03. The molecule has 0 heterocycles. The van der Waals surface area contributed by atoms with E-state index >= 15 is 0 Å². The normalized spacial score (nSPS) is 13.2. The Morgan fingerprint density at radius 2 is 2.09 bits per heavy atom. The zero-order valence-corrected chi connectivity index (χ0v) is 16.7. The van der Waals surface area contributed by atoms with Crippen molar-refractivity contribution >= 4 is 29.7 Å². The van der Waals surface area contributed by atoms with Crippen LogP contribution in [-0.4, -0.2) is 45.3 Å². The third-order valence-corrected chi connectivity index (χ3v) is 2.75. The Kier molecular flexibility index (Phi) is 19.2. The molecule has 1 unspecified atom stereocenters. The van der Waals surface area contributed by atoms with Gasteiger partial charge in [-0.1, -0.05) is 12.2 Å². The minimum absolute atomic E-state index is 0. The van der Waals surface area contributed by atoms with Crippen LogP contribution in [0.15, 0.2) is 28.3 Å². The largest absolute Gasteiger partial charge is 1.00 e. The molecule has 0 aromatic heterocycles. The van der Waals surface area contributed by atoms with Crippen molar-refractivity contribution in [3.8, 4) is 0 Å². The summed E-state index contributed by atoms with van der Waals surface area (Å²) in [5.41, 5.74) is -0.234. The number of carbonyl (C=O) groups is 2. The van der Waals surface area contributed by atoms with Crippen molar-refractivity contribution in [3.63, 3.8) is 0 Å². The van der Waals surface area contributed by atoms with Crippen LogP contribution in [0.3, 0.4) is 0 Å². The molecule has 22 heavy (non-hydrogen) atoms. The van der Waals surface area contributed by atoms with Crippen molar-refractivity contribution in [1.82, 2.24) is 0 Å². The zero-order chi connectivity index (χ0) is 15.9. The third-order valence-electron chi connectivity index (χ3n) is 2.08. The summed E-state index contributed by atoms with van der Waals surface area (Å²) in [6.45, 7) is 2.42. The van der Waals surface area contributed by atoms with Gasteiger partial charge in [0.2, 0.25) is 0 Å². The summed E-state index contributed by atoms with van der Waals surface area (Å²) in [6, 6.07) is 0. The minimum Gasteiger partial charge on any atom is -0.545 e. The van der Waals surface area contributed by atoms with Gasteiger partial charge in [-0.15, -0.1) is 0 Å².